The lowest BCUT2D eigenvalue weighted by atomic mass is 9.91. The standard InChI is InChI=1S/C26H31NO7/c1-5-15-33-24(29)17-18(2)19(3)25(20-6-10-23(11-7-20)32-16-14-28)34-26(30)27-21-8-12-22(31-4)13-9-21/h5-13,17,19,25,28H,1,14-16H2,2-4H3,(H,27,30)/b18-17+/t19-,25-/m0/s1. The van der Waals surface area contributed by atoms with Crippen LogP contribution in [0.25, 0.3) is 0 Å². The first kappa shape index (κ1) is 26.5. The molecule has 0 aliphatic carbocycles. The average molecular weight is 470 g/mol. The van der Waals surface area contributed by atoms with Gasteiger partial charge in [0.15, 0.2) is 0 Å². The van der Waals surface area contributed by atoms with Crippen LogP contribution in [0.4, 0.5) is 10.5 Å². The Morgan fingerprint density at radius 3 is 2.32 bits per heavy atom. The van der Waals surface area contributed by atoms with Crippen molar-refractivity contribution < 1.29 is 33.6 Å². The number of aliphatic hydroxyl groups is 1. The highest BCUT2D eigenvalue weighted by molar-refractivity contribution is 5.85. The number of carbonyl (C=O) groups excluding carboxylic acids is 2. The maximum Gasteiger partial charge on any atom is 0.412 e. The third kappa shape index (κ3) is 8.29. The number of rotatable bonds is 12. The molecule has 2 rings (SSSR count). The topological polar surface area (TPSA) is 103 Å². The van der Waals surface area contributed by atoms with Gasteiger partial charge in [0.25, 0.3) is 0 Å². The first-order valence-corrected chi connectivity index (χ1v) is 10.8. The molecule has 2 aromatic rings. The summed E-state index contributed by atoms with van der Waals surface area (Å²) < 4.78 is 21.4. The summed E-state index contributed by atoms with van der Waals surface area (Å²) in [5, 5.41) is 11.6. The minimum absolute atomic E-state index is 0.0952. The maximum atomic E-state index is 12.7. The summed E-state index contributed by atoms with van der Waals surface area (Å²) in [5.41, 5.74) is 1.93. The highest BCUT2D eigenvalue weighted by atomic mass is 16.6. The minimum atomic E-state index is -0.700. The molecule has 8 heteroatoms. The Bertz CT molecular complexity index is 968. The van der Waals surface area contributed by atoms with Crippen molar-refractivity contribution in [3.05, 3.63) is 78.4 Å². The van der Waals surface area contributed by atoms with Crippen molar-refractivity contribution in [1.29, 1.82) is 0 Å². The Hall–Kier alpha value is -3.78. The van der Waals surface area contributed by atoms with Crippen LogP contribution < -0.4 is 14.8 Å². The van der Waals surface area contributed by atoms with E-state index in [2.05, 4.69) is 11.9 Å². The number of aliphatic hydroxyl groups excluding tert-OH is 1. The van der Waals surface area contributed by atoms with Crippen LogP contribution in [0.15, 0.2) is 72.8 Å². The smallest absolute Gasteiger partial charge is 0.412 e. The molecule has 182 valence electrons. The summed E-state index contributed by atoms with van der Waals surface area (Å²) in [5.74, 6) is 0.394. The van der Waals surface area contributed by atoms with E-state index in [0.29, 0.717) is 28.3 Å². The molecule has 0 aromatic heterocycles. The number of amides is 1. The second-order valence-electron chi connectivity index (χ2n) is 7.42. The van der Waals surface area contributed by atoms with Gasteiger partial charge < -0.3 is 24.1 Å². The molecule has 0 bridgehead atoms. The van der Waals surface area contributed by atoms with Crippen molar-refractivity contribution >= 4 is 17.7 Å². The van der Waals surface area contributed by atoms with Crippen LogP contribution >= 0.6 is 0 Å². The lowest BCUT2D eigenvalue weighted by Crippen LogP contribution is -2.23. The van der Waals surface area contributed by atoms with Crippen LogP contribution in [0.5, 0.6) is 11.5 Å². The molecule has 2 N–H and O–H groups in total. The van der Waals surface area contributed by atoms with Crippen molar-refractivity contribution in [2.75, 3.05) is 32.2 Å². The lowest BCUT2D eigenvalue weighted by Gasteiger charge is -2.25. The van der Waals surface area contributed by atoms with Gasteiger partial charge in [0, 0.05) is 17.7 Å². The van der Waals surface area contributed by atoms with E-state index in [-0.39, 0.29) is 25.7 Å². The molecule has 2 atom stereocenters. The Kier molecular flexibility index (Phi) is 10.7. The normalized spacial score (nSPS) is 12.8. The van der Waals surface area contributed by atoms with E-state index >= 15 is 0 Å². The highest BCUT2D eigenvalue weighted by Gasteiger charge is 2.26. The summed E-state index contributed by atoms with van der Waals surface area (Å²) >= 11 is 0. The van der Waals surface area contributed by atoms with Crippen LogP contribution in [-0.4, -0.2) is 44.1 Å². The van der Waals surface area contributed by atoms with E-state index in [1.165, 1.54) is 12.2 Å². The van der Waals surface area contributed by atoms with E-state index in [1.54, 1.807) is 62.6 Å². The predicted octanol–water partition coefficient (Wildman–Crippen LogP) is 4.67. The molecular weight excluding hydrogens is 438 g/mol. The largest absolute Gasteiger partial charge is 0.497 e. The number of esters is 1. The van der Waals surface area contributed by atoms with Gasteiger partial charge in [-0.3, -0.25) is 5.32 Å². The van der Waals surface area contributed by atoms with Crippen molar-refractivity contribution in [3.63, 3.8) is 0 Å². The fourth-order valence-electron chi connectivity index (χ4n) is 3.05. The number of nitrogens with one attached hydrogen (secondary N) is 1. The second-order valence-corrected chi connectivity index (χ2v) is 7.42. The van der Waals surface area contributed by atoms with Crippen molar-refractivity contribution in [2.45, 2.75) is 20.0 Å². The SMILES string of the molecule is C=CCOC(=O)/C=C(\C)[C@H](C)[C@H](OC(=O)Nc1ccc(OC)cc1)c1ccc(OCCO)cc1. The van der Waals surface area contributed by atoms with E-state index in [1.807, 2.05) is 6.92 Å². The van der Waals surface area contributed by atoms with Gasteiger partial charge in [-0.2, -0.15) is 0 Å². The Balaban J connectivity index is 2.22. The van der Waals surface area contributed by atoms with Crippen molar-refractivity contribution in [3.8, 4) is 11.5 Å². The molecule has 0 unspecified atom stereocenters. The minimum Gasteiger partial charge on any atom is -0.497 e. The number of hydrogen-bond donors (Lipinski definition) is 2. The number of benzene rings is 2. The van der Waals surface area contributed by atoms with Gasteiger partial charge in [-0.1, -0.05) is 37.3 Å². The van der Waals surface area contributed by atoms with Crippen LogP contribution in [-0.2, 0) is 14.3 Å². The molecule has 0 saturated carbocycles. The van der Waals surface area contributed by atoms with Gasteiger partial charge in [-0.25, -0.2) is 9.59 Å². The van der Waals surface area contributed by atoms with Crippen LogP contribution in [0.3, 0.4) is 0 Å². The molecule has 0 radical (unpaired) electrons. The predicted molar refractivity (Wildman–Crippen MR) is 129 cm³/mol. The zero-order valence-electron chi connectivity index (χ0n) is 19.7. The van der Waals surface area contributed by atoms with Crippen LogP contribution in [0, 0.1) is 5.92 Å². The third-order valence-corrected chi connectivity index (χ3v) is 5.00. The van der Waals surface area contributed by atoms with E-state index in [4.69, 9.17) is 24.1 Å². The molecule has 0 heterocycles. The first-order valence-electron chi connectivity index (χ1n) is 10.8. The molecule has 0 fully saturated rings. The molecule has 0 aliphatic rings. The van der Waals surface area contributed by atoms with Crippen LogP contribution in [0.2, 0.25) is 0 Å². The Morgan fingerprint density at radius 2 is 1.74 bits per heavy atom. The molecule has 2 aromatic carbocycles. The zero-order valence-corrected chi connectivity index (χ0v) is 19.7. The van der Waals surface area contributed by atoms with E-state index in [0.717, 1.165) is 0 Å². The van der Waals surface area contributed by atoms with Crippen LogP contribution in [0.1, 0.15) is 25.5 Å². The van der Waals surface area contributed by atoms with Gasteiger partial charge >= 0.3 is 12.1 Å². The number of ether oxygens (including phenoxy) is 4. The number of carbonyl (C=O) groups is 2. The summed E-state index contributed by atoms with van der Waals surface area (Å²) in [4.78, 5) is 24.7. The quantitative estimate of drug-likeness (QED) is 0.265. The molecule has 0 aliphatic heterocycles. The summed E-state index contributed by atoms with van der Waals surface area (Å²) in [6, 6.07) is 13.9. The summed E-state index contributed by atoms with van der Waals surface area (Å²) in [6.45, 7) is 7.34. The van der Waals surface area contributed by atoms with Gasteiger partial charge in [0.2, 0.25) is 0 Å². The van der Waals surface area contributed by atoms with Gasteiger partial charge in [0.05, 0.1) is 13.7 Å². The highest BCUT2D eigenvalue weighted by Crippen LogP contribution is 2.32. The zero-order chi connectivity index (χ0) is 24.9. The lowest BCUT2D eigenvalue weighted by molar-refractivity contribution is -0.136. The molecule has 0 spiro atoms. The number of hydrogen-bond acceptors (Lipinski definition) is 7. The molecular formula is C26H31NO7. The molecule has 1 amide bonds. The fraction of sp³-hybridized carbons (Fsp3) is 0.308. The first-order chi connectivity index (χ1) is 16.4. The maximum absolute atomic E-state index is 12.7. The monoisotopic (exact) mass is 469 g/mol. The summed E-state index contributed by atoms with van der Waals surface area (Å²) in [6.07, 6.45) is 1.52. The summed E-state index contributed by atoms with van der Waals surface area (Å²) in [7, 11) is 1.56. The van der Waals surface area contributed by atoms with Gasteiger partial charge in [-0.15, -0.1) is 0 Å². The number of anilines is 1. The van der Waals surface area contributed by atoms with E-state index < -0.39 is 18.2 Å². The second kappa shape index (κ2) is 13.7. The molecule has 0 saturated heterocycles. The van der Waals surface area contributed by atoms with Gasteiger partial charge in [-0.05, 0) is 48.9 Å². The van der Waals surface area contributed by atoms with Gasteiger partial charge in [0.1, 0.15) is 30.8 Å². The third-order valence-electron chi connectivity index (χ3n) is 5.00. The van der Waals surface area contributed by atoms with Crippen molar-refractivity contribution in [2.24, 2.45) is 5.92 Å². The Morgan fingerprint density at radius 1 is 1.09 bits per heavy atom. The molecule has 8 nitrogen and oxygen atoms in total. The Labute approximate surface area is 199 Å². The van der Waals surface area contributed by atoms with E-state index in [9.17, 15) is 9.59 Å². The molecule has 34 heavy (non-hydrogen) atoms. The average Bonchev–Trinajstić information content (AvgIpc) is 2.85. The van der Waals surface area contributed by atoms with Crippen molar-refractivity contribution in [1.82, 2.24) is 0 Å². The fourth-order valence-corrected chi connectivity index (χ4v) is 3.05. The number of methoxy groups -OCH3 is 1.